The fourth-order valence-corrected chi connectivity index (χ4v) is 3.45. The quantitative estimate of drug-likeness (QED) is 0.482. The molecule has 1 aliphatic heterocycles. The van der Waals surface area contributed by atoms with Crippen molar-refractivity contribution in [2.75, 3.05) is 32.7 Å². The van der Waals surface area contributed by atoms with E-state index in [0.717, 1.165) is 0 Å². The Labute approximate surface area is 166 Å². The van der Waals surface area contributed by atoms with Crippen molar-refractivity contribution < 1.29 is 18.3 Å². The second kappa shape index (κ2) is 9.82. The molecule has 0 radical (unpaired) electrons. The summed E-state index contributed by atoms with van der Waals surface area (Å²) in [5.41, 5.74) is 0.546. The molecule has 1 heterocycles. The molecule has 1 aromatic carbocycles. The van der Waals surface area contributed by atoms with E-state index in [1.807, 2.05) is 6.92 Å². The van der Waals surface area contributed by atoms with E-state index < -0.39 is 18.8 Å². The van der Waals surface area contributed by atoms with Crippen molar-refractivity contribution in [3.05, 3.63) is 33.8 Å². The number of aliphatic hydroxyl groups excluding tert-OH is 1. The molecule has 1 fully saturated rings. The summed E-state index contributed by atoms with van der Waals surface area (Å²) in [6.07, 6.45) is -4.51. The molecule has 2 rings (SSSR count). The number of rotatable bonds is 6. The fraction of sp³-hybridized carbons (Fsp3) is 0.588. The first kappa shape index (κ1) is 22.1. The smallest absolute Gasteiger partial charge is 0.386 e. The van der Waals surface area contributed by atoms with Gasteiger partial charge >= 0.3 is 6.18 Å². The van der Waals surface area contributed by atoms with E-state index in [9.17, 15) is 18.3 Å². The van der Waals surface area contributed by atoms with E-state index in [1.54, 1.807) is 18.2 Å². The van der Waals surface area contributed by atoms with Crippen LogP contribution >= 0.6 is 23.2 Å². The Bertz CT molecular complexity index is 637. The van der Waals surface area contributed by atoms with Crippen LogP contribution in [0.25, 0.3) is 0 Å². The zero-order chi connectivity index (χ0) is 20.0. The molecule has 0 aliphatic carbocycles. The molecule has 152 valence electrons. The van der Waals surface area contributed by atoms with Gasteiger partial charge in [0, 0.05) is 35.7 Å². The highest BCUT2D eigenvalue weighted by Crippen LogP contribution is 2.24. The summed E-state index contributed by atoms with van der Waals surface area (Å²) in [6, 6.07) is 4.66. The molecule has 3 N–H and O–H groups in total. The van der Waals surface area contributed by atoms with Gasteiger partial charge in [-0.15, -0.1) is 0 Å². The van der Waals surface area contributed by atoms with E-state index in [1.165, 1.54) is 4.90 Å². The second-order valence-corrected chi connectivity index (χ2v) is 7.29. The number of guanidine groups is 1. The molecule has 1 aliphatic rings. The van der Waals surface area contributed by atoms with E-state index in [4.69, 9.17) is 23.2 Å². The highest BCUT2D eigenvalue weighted by atomic mass is 35.5. The van der Waals surface area contributed by atoms with Crippen LogP contribution in [0.15, 0.2) is 23.2 Å². The lowest BCUT2D eigenvalue weighted by Crippen LogP contribution is -2.45. The first-order chi connectivity index (χ1) is 12.7. The molecule has 10 heteroatoms. The molecule has 0 aromatic heterocycles. The third kappa shape index (κ3) is 7.73. The van der Waals surface area contributed by atoms with E-state index in [2.05, 4.69) is 15.6 Å². The van der Waals surface area contributed by atoms with Crippen LogP contribution in [0.3, 0.4) is 0 Å². The third-order valence-electron chi connectivity index (χ3n) is 4.05. The molecular formula is C17H23Cl2F3N4O. The molecule has 0 amide bonds. The van der Waals surface area contributed by atoms with Crippen LogP contribution in [0.5, 0.6) is 0 Å². The number of aliphatic imine (C=N–C) groups is 1. The summed E-state index contributed by atoms with van der Waals surface area (Å²) in [6.45, 7) is 2.29. The van der Waals surface area contributed by atoms with Gasteiger partial charge in [0.15, 0.2) is 5.96 Å². The van der Waals surface area contributed by atoms with Crippen molar-refractivity contribution in [1.29, 1.82) is 0 Å². The predicted molar refractivity (Wildman–Crippen MR) is 101 cm³/mol. The lowest BCUT2D eigenvalue weighted by Gasteiger charge is -2.20. The Kier molecular flexibility index (Phi) is 8.03. The summed E-state index contributed by atoms with van der Waals surface area (Å²) >= 11 is 11.9. The zero-order valence-electron chi connectivity index (χ0n) is 14.9. The van der Waals surface area contributed by atoms with Crippen molar-refractivity contribution >= 4 is 29.2 Å². The number of alkyl halides is 3. The minimum atomic E-state index is -4.20. The minimum absolute atomic E-state index is 0.0605. The van der Waals surface area contributed by atoms with Crippen LogP contribution in [0.2, 0.25) is 10.0 Å². The molecule has 0 bridgehead atoms. The summed E-state index contributed by atoms with van der Waals surface area (Å²) in [7, 11) is 0. The standard InChI is InChI=1S/C17H23Cl2F3N4O/c1-2-23-16(25-14-3-4-26(9-14)10-17(20,21)22)24-8-15(27)11-5-12(18)7-13(19)6-11/h5-7,14-15,27H,2-4,8-10H2,1H3,(H2,23,24,25). The molecule has 5 nitrogen and oxygen atoms in total. The van der Waals surface area contributed by atoms with Gasteiger partial charge in [-0.05, 0) is 37.1 Å². The highest BCUT2D eigenvalue weighted by molar-refractivity contribution is 6.34. The normalized spacial score (nSPS) is 20.0. The molecule has 0 spiro atoms. The van der Waals surface area contributed by atoms with Crippen molar-refractivity contribution in [2.45, 2.75) is 31.7 Å². The zero-order valence-corrected chi connectivity index (χ0v) is 16.4. The summed E-state index contributed by atoms with van der Waals surface area (Å²) in [4.78, 5) is 5.69. The second-order valence-electron chi connectivity index (χ2n) is 6.42. The number of benzene rings is 1. The lowest BCUT2D eigenvalue weighted by molar-refractivity contribution is -0.143. The van der Waals surface area contributed by atoms with Crippen LogP contribution in [-0.4, -0.2) is 60.9 Å². The van der Waals surface area contributed by atoms with Gasteiger partial charge in [0.05, 0.1) is 19.2 Å². The van der Waals surface area contributed by atoms with Gasteiger partial charge in [-0.2, -0.15) is 13.2 Å². The number of likely N-dealkylation sites (tertiary alicyclic amines) is 1. The molecule has 2 unspecified atom stereocenters. The lowest BCUT2D eigenvalue weighted by atomic mass is 10.1. The van der Waals surface area contributed by atoms with Crippen LogP contribution in [0.1, 0.15) is 25.0 Å². The Morgan fingerprint density at radius 3 is 2.59 bits per heavy atom. The van der Waals surface area contributed by atoms with Crippen LogP contribution < -0.4 is 10.6 Å². The van der Waals surface area contributed by atoms with Gasteiger partial charge in [-0.1, -0.05) is 23.2 Å². The van der Waals surface area contributed by atoms with E-state index in [-0.39, 0.29) is 19.1 Å². The maximum Gasteiger partial charge on any atom is 0.401 e. The van der Waals surface area contributed by atoms with Crippen molar-refractivity contribution in [1.82, 2.24) is 15.5 Å². The van der Waals surface area contributed by atoms with Crippen LogP contribution in [0.4, 0.5) is 13.2 Å². The first-order valence-corrected chi connectivity index (χ1v) is 9.40. The van der Waals surface area contributed by atoms with E-state index in [0.29, 0.717) is 41.1 Å². The number of hydrogen-bond acceptors (Lipinski definition) is 3. The van der Waals surface area contributed by atoms with Gasteiger partial charge < -0.3 is 15.7 Å². The van der Waals surface area contributed by atoms with E-state index >= 15 is 0 Å². The molecule has 2 atom stereocenters. The number of nitrogens with one attached hydrogen (secondary N) is 2. The maximum absolute atomic E-state index is 12.5. The molecular weight excluding hydrogens is 404 g/mol. The Hall–Kier alpha value is -1.22. The van der Waals surface area contributed by atoms with Gasteiger partial charge in [-0.25, -0.2) is 0 Å². The van der Waals surface area contributed by atoms with Crippen molar-refractivity contribution in [3.63, 3.8) is 0 Å². The third-order valence-corrected chi connectivity index (χ3v) is 4.49. The fourth-order valence-electron chi connectivity index (χ4n) is 2.91. The Morgan fingerprint density at radius 2 is 2.00 bits per heavy atom. The van der Waals surface area contributed by atoms with Crippen LogP contribution in [-0.2, 0) is 0 Å². The topological polar surface area (TPSA) is 59.9 Å². The van der Waals surface area contributed by atoms with Crippen LogP contribution in [0, 0.1) is 0 Å². The number of halogens is 5. The van der Waals surface area contributed by atoms with Crippen molar-refractivity contribution in [3.8, 4) is 0 Å². The van der Waals surface area contributed by atoms with Gasteiger partial charge in [0.1, 0.15) is 0 Å². The van der Waals surface area contributed by atoms with Gasteiger partial charge in [0.25, 0.3) is 0 Å². The average molecular weight is 427 g/mol. The maximum atomic E-state index is 12.5. The number of hydrogen-bond donors (Lipinski definition) is 3. The molecule has 1 saturated heterocycles. The monoisotopic (exact) mass is 426 g/mol. The Morgan fingerprint density at radius 1 is 1.33 bits per heavy atom. The SMILES string of the molecule is CCNC(=NCC(O)c1cc(Cl)cc(Cl)c1)NC1CCN(CC(F)(F)F)C1. The van der Waals surface area contributed by atoms with Crippen molar-refractivity contribution in [2.24, 2.45) is 4.99 Å². The summed E-state index contributed by atoms with van der Waals surface area (Å²) in [5, 5.41) is 17.3. The molecule has 1 aromatic rings. The predicted octanol–water partition coefficient (Wildman–Crippen LogP) is 3.22. The first-order valence-electron chi connectivity index (χ1n) is 8.64. The van der Waals surface area contributed by atoms with Gasteiger partial charge in [-0.3, -0.25) is 9.89 Å². The molecule has 0 saturated carbocycles. The largest absolute Gasteiger partial charge is 0.401 e. The summed E-state index contributed by atoms with van der Waals surface area (Å²) < 4.78 is 37.5. The molecule has 27 heavy (non-hydrogen) atoms. The number of aliphatic hydroxyl groups is 1. The summed E-state index contributed by atoms with van der Waals surface area (Å²) in [5.74, 6) is 0.448. The number of nitrogens with zero attached hydrogens (tertiary/aromatic N) is 2. The minimum Gasteiger partial charge on any atom is -0.386 e. The van der Waals surface area contributed by atoms with Gasteiger partial charge in [0.2, 0.25) is 0 Å². The highest BCUT2D eigenvalue weighted by Gasteiger charge is 2.34. The average Bonchev–Trinajstić information content (AvgIpc) is 2.96. The Balaban J connectivity index is 1.94.